The van der Waals surface area contributed by atoms with E-state index in [1.54, 1.807) is 13.8 Å². The van der Waals surface area contributed by atoms with Gasteiger partial charge in [-0.1, -0.05) is 13.8 Å². The summed E-state index contributed by atoms with van der Waals surface area (Å²) < 4.78 is 0. The van der Waals surface area contributed by atoms with E-state index in [4.69, 9.17) is 11.5 Å². The zero-order chi connectivity index (χ0) is 24.3. The van der Waals surface area contributed by atoms with Gasteiger partial charge in [-0.15, -0.1) is 0 Å². The number of nitrogens with two attached hydrogens (primary N) is 2. The molecular formula is C20H36N6O6. The Labute approximate surface area is 187 Å². The second-order valence-corrected chi connectivity index (χ2v) is 8.29. The van der Waals surface area contributed by atoms with E-state index >= 15 is 0 Å². The van der Waals surface area contributed by atoms with Gasteiger partial charge in [0, 0.05) is 0 Å². The van der Waals surface area contributed by atoms with E-state index in [0.29, 0.717) is 32.2 Å². The van der Waals surface area contributed by atoms with E-state index in [1.807, 2.05) is 0 Å². The molecule has 0 radical (unpaired) electrons. The number of carbonyl (C=O) groups is 5. The monoisotopic (exact) mass is 456 g/mol. The highest BCUT2D eigenvalue weighted by Crippen LogP contribution is 2.09. The first kappa shape index (κ1) is 27.3. The van der Waals surface area contributed by atoms with Crippen LogP contribution in [0, 0.1) is 5.92 Å². The first-order valence-electron chi connectivity index (χ1n) is 10.9. The first-order chi connectivity index (χ1) is 15.1. The molecule has 9 N–H and O–H groups in total. The number of carboxylic acid groups (broad SMARTS) is 1. The molecule has 0 saturated carbocycles. The van der Waals surface area contributed by atoms with Gasteiger partial charge in [0.05, 0.1) is 12.5 Å². The Kier molecular flexibility index (Phi) is 11.6. The van der Waals surface area contributed by atoms with Crippen LogP contribution >= 0.6 is 0 Å². The lowest BCUT2D eigenvalue weighted by atomic mass is 10.0. The summed E-state index contributed by atoms with van der Waals surface area (Å²) in [6.07, 6.45) is 2.58. The van der Waals surface area contributed by atoms with Crippen LogP contribution in [0.15, 0.2) is 0 Å². The summed E-state index contributed by atoms with van der Waals surface area (Å²) in [6.45, 7) is 4.53. The van der Waals surface area contributed by atoms with Crippen molar-refractivity contribution >= 4 is 29.6 Å². The zero-order valence-corrected chi connectivity index (χ0v) is 18.7. The maximum Gasteiger partial charge on any atom is 0.326 e. The molecule has 0 aromatic carbocycles. The number of hydrogen-bond acceptors (Lipinski definition) is 7. The molecule has 4 atom stereocenters. The second-order valence-electron chi connectivity index (χ2n) is 8.29. The van der Waals surface area contributed by atoms with Crippen molar-refractivity contribution in [3.63, 3.8) is 0 Å². The molecular weight excluding hydrogens is 420 g/mol. The molecule has 12 heteroatoms. The Balaban J connectivity index is 2.87. The largest absolute Gasteiger partial charge is 0.480 e. The van der Waals surface area contributed by atoms with Crippen molar-refractivity contribution in [2.75, 3.05) is 13.1 Å². The predicted molar refractivity (Wildman–Crippen MR) is 116 cm³/mol. The Morgan fingerprint density at radius 2 is 1.72 bits per heavy atom. The van der Waals surface area contributed by atoms with Gasteiger partial charge >= 0.3 is 5.97 Å². The number of aliphatic carboxylic acids is 1. The molecule has 1 heterocycles. The minimum Gasteiger partial charge on any atom is -0.480 e. The number of primary amides is 1. The molecule has 0 aromatic heterocycles. The first-order valence-corrected chi connectivity index (χ1v) is 10.9. The van der Waals surface area contributed by atoms with Crippen LogP contribution in [-0.4, -0.2) is 72.0 Å². The van der Waals surface area contributed by atoms with Crippen molar-refractivity contribution in [3.8, 4) is 0 Å². The fourth-order valence-electron chi connectivity index (χ4n) is 3.39. The third-order valence-corrected chi connectivity index (χ3v) is 5.22. The standard InChI is InChI=1S/C20H36N6O6/c1-11(2)16(19(30)25-14(20(31)32)10-15(22)27)26-18(29)13(6-3-4-8-21)24-17(28)12-7-5-9-23-12/h11-14,16,23H,3-10,21H2,1-2H3,(H2,22,27)(H,24,28)(H,25,30)(H,26,29)(H,31,32). The fraction of sp³-hybridized carbons (Fsp3) is 0.750. The fourth-order valence-corrected chi connectivity index (χ4v) is 3.39. The Hall–Kier alpha value is -2.73. The molecule has 1 rings (SSSR count). The van der Waals surface area contributed by atoms with Gasteiger partial charge in [-0.25, -0.2) is 4.79 Å². The molecule has 4 amide bonds. The quantitative estimate of drug-likeness (QED) is 0.144. The maximum atomic E-state index is 13.0. The molecule has 0 bridgehead atoms. The molecule has 32 heavy (non-hydrogen) atoms. The lowest BCUT2D eigenvalue weighted by molar-refractivity contribution is -0.144. The minimum absolute atomic E-state index is 0.284. The van der Waals surface area contributed by atoms with Crippen LogP contribution in [0.5, 0.6) is 0 Å². The van der Waals surface area contributed by atoms with Crippen molar-refractivity contribution in [3.05, 3.63) is 0 Å². The summed E-state index contributed by atoms with van der Waals surface area (Å²) in [7, 11) is 0. The van der Waals surface area contributed by atoms with Gasteiger partial charge in [-0.05, 0) is 51.1 Å². The van der Waals surface area contributed by atoms with Gasteiger partial charge in [0.25, 0.3) is 0 Å². The van der Waals surface area contributed by atoms with E-state index in [1.165, 1.54) is 0 Å². The van der Waals surface area contributed by atoms with Crippen LogP contribution in [0.1, 0.15) is 52.4 Å². The molecule has 1 aliphatic heterocycles. The Morgan fingerprint density at radius 1 is 1.03 bits per heavy atom. The van der Waals surface area contributed by atoms with Crippen LogP contribution in [-0.2, 0) is 24.0 Å². The number of hydrogen-bond donors (Lipinski definition) is 7. The number of carboxylic acids is 1. The molecule has 0 aliphatic carbocycles. The van der Waals surface area contributed by atoms with Crippen LogP contribution < -0.4 is 32.7 Å². The van der Waals surface area contributed by atoms with Gasteiger partial charge in [0.15, 0.2) is 0 Å². The number of amides is 4. The molecule has 1 saturated heterocycles. The molecule has 12 nitrogen and oxygen atoms in total. The second kappa shape index (κ2) is 13.6. The van der Waals surface area contributed by atoms with Crippen molar-refractivity contribution in [2.45, 2.75) is 76.5 Å². The number of rotatable bonds is 14. The number of carbonyl (C=O) groups excluding carboxylic acids is 4. The smallest absolute Gasteiger partial charge is 0.326 e. The lowest BCUT2D eigenvalue weighted by Gasteiger charge is -2.27. The average molecular weight is 457 g/mol. The number of nitrogens with one attached hydrogen (secondary N) is 4. The third kappa shape index (κ3) is 9.18. The SMILES string of the molecule is CC(C)C(NC(=O)C(CCCCN)NC(=O)C1CCCN1)C(=O)NC(CC(N)=O)C(=O)O. The van der Waals surface area contributed by atoms with E-state index in [0.717, 1.165) is 13.0 Å². The normalized spacial score (nSPS) is 18.4. The van der Waals surface area contributed by atoms with Crippen LogP contribution in [0.3, 0.4) is 0 Å². The third-order valence-electron chi connectivity index (χ3n) is 5.22. The molecule has 4 unspecified atom stereocenters. The number of unbranched alkanes of at least 4 members (excludes halogenated alkanes) is 1. The molecule has 1 fully saturated rings. The highest BCUT2D eigenvalue weighted by molar-refractivity contribution is 5.95. The summed E-state index contributed by atoms with van der Waals surface area (Å²) in [5, 5.41) is 19.9. The van der Waals surface area contributed by atoms with Crippen molar-refractivity contribution in [2.24, 2.45) is 17.4 Å². The van der Waals surface area contributed by atoms with Crippen molar-refractivity contribution in [1.29, 1.82) is 0 Å². The summed E-state index contributed by atoms with van der Waals surface area (Å²) in [5.74, 6) is -4.28. The lowest BCUT2D eigenvalue weighted by Crippen LogP contribution is -2.58. The van der Waals surface area contributed by atoms with Crippen LogP contribution in [0.2, 0.25) is 0 Å². The Morgan fingerprint density at radius 3 is 2.22 bits per heavy atom. The van der Waals surface area contributed by atoms with Gasteiger partial charge in [-0.3, -0.25) is 19.2 Å². The maximum absolute atomic E-state index is 13.0. The zero-order valence-electron chi connectivity index (χ0n) is 18.7. The highest BCUT2D eigenvalue weighted by atomic mass is 16.4. The van der Waals surface area contributed by atoms with Crippen molar-refractivity contribution < 1.29 is 29.1 Å². The summed E-state index contributed by atoms with van der Waals surface area (Å²) in [4.78, 5) is 60.5. The highest BCUT2D eigenvalue weighted by Gasteiger charge is 2.32. The van der Waals surface area contributed by atoms with E-state index < -0.39 is 48.2 Å². The molecule has 0 spiro atoms. The van der Waals surface area contributed by atoms with Crippen LogP contribution in [0.25, 0.3) is 0 Å². The summed E-state index contributed by atoms with van der Waals surface area (Å²) in [5.41, 5.74) is 10.6. The molecule has 0 aromatic rings. The van der Waals surface area contributed by atoms with E-state index in [2.05, 4.69) is 21.3 Å². The van der Waals surface area contributed by atoms with E-state index in [9.17, 15) is 29.1 Å². The Bertz CT molecular complexity index is 679. The minimum atomic E-state index is -1.51. The summed E-state index contributed by atoms with van der Waals surface area (Å²) >= 11 is 0. The van der Waals surface area contributed by atoms with Crippen molar-refractivity contribution in [1.82, 2.24) is 21.3 Å². The predicted octanol–water partition coefficient (Wildman–Crippen LogP) is -2.06. The van der Waals surface area contributed by atoms with Gasteiger partial charge in [-0.2, -0.15) is 0 Å². The van der Waals surface area contributed by atoms with Gasteiger partial charge in [0.2, 0.25) is 23.6 Å². The summed E-state index contributed by atoms with van der Waals surface area (Å²) in [6, 6.07) is -3.82. The molecule has 1 aliphatic rings. The van der Waals surface area contributed by atoms with Gasteiger partial charge < -0.3 is 37.8 Å². The van der Waals surface area contributed by atoms with E-state index in [-0.39, 0.29) is 17.9 Å². The van der Waals surface area contributed by atoms with Crippen LogP contribution in [0.4, 0.5) is 0 Å². The van der Waals surface area contributed by atoms with Gasteiger partial charge in [0.1, 0.15) is 18.1 Å². The topological polar surface area (TPSA) is 206 Å². The average Bonchev–Trinajstić information content (AvgIpc) is 3.24. The molecule has 182 valence electrons.